The van der Waals surface area contributed by atoms with Crippen LogP contribution in [-0.2, 0) is 4.79 Å². The van der Waals surface area contributed by atoms with E-state index in [0.29, 0.717) is 12.0 Å². The summed E-state index contributed by atoms with van der Waals surface area (Å²) in [5, 5.41) is 6.57. The standard InChI is InChI=1S/C20H31N3O2/c1-23-13-3-4-17(14-22-20(24)16-9-11-21-12-10-16)19(23)15-5-7-18(25-2)8-6-15/h5-8,16-17,19,21H,3-4,9-14H2,1-2H3,(H,22,24). The molecule has 5 nitrogen and oxygen atoms in total. The molecule has 1 aromatic rings. The van der Waals surface area contributed by atoms with Gasteiger partial charge < -0.3 is 15.4 Å². The zero-order chi connectivity index (χ0) is 17.6. The summed E-state index contributed by atoms with van der Waals surface area (Å²) in [6.07, 6.45) is 4.27. The number of carbonyl (C=O) groups is 1. The van der Waals surface area contributed by atoms with Gasteiger partial charge in [-0.05, 0) is 76.0 Å². The van der Waals surface area contributed by atoms with Crippen molar-refractivity contribution in [1.29, 1.82) is 0 Å². The SMILES string of the molecule is COc1ccc(C2C(CNC(=O)C3CCNCC3)CCCN2C)cc1. The Labute approximate surface area is 151 Å². The number of rotatable bonds is 5. The highest BCUT2D eigenvalue weighted by molar-refractivity contribution is 5.78. The Morgan fingerprint density at radius 3 is 2.64 bits per heavy atom. The molecule has 0 aromatic heterocycles. The van der Waals surface area contributed by atoms with E-state index >= 15 is 0 Å². The normalized spacial score (nSPS) is 25.5. The molecule has 0 spiro atoms. The third kappa shape index (κ3) is 4.53. The highest BCUT2D eigenvalue weighted by atomic mass is 16.5. The van der Waals surface area contributed by atoms with Crippen LogP contribution in [-0.4, -0.2) is 51.1 Å². The lowest BCUT2D eigenvalue weighted by Crippen LogP contribution is -2.44. The second-order valence-electron chi connectivity index (χ2n) is 7.37. The number of hydrogen-bond acceptors (Lipinski definition) is 4. The molecule has 25 heavy (non-hydrogen) atoms. The number of hydrogen-bond donors (Lipinski definition) is 2. The first kappa shape index (κ1) is 18.2. The Morgan fingerprint density at radius 2 is 1.96 bits per heavy atom. The topological polar surface area (TPSA) is 53.6 Å². The lowest BCUT2D eigenvalue weighted by molar-refractivity contribution is -0.126. The molecule has 138 valence electrons. The zero-order valence-electron chi connectivity index (χ0n) is 15.5. The minimum absolute atomic E-state index is 0.182. The van der Waals surface area contributed by atoms with Crippen LogP contribution >= 0.6 is 0 Å². The van der Waals surface area contributed by atoms with Crippen LogP contribution in [0.1, 0.15) is 37.3 Å². The van der Waals surface area contributed by atoms with E-state index < -0.39 is 0 Å². The van der Waals surface area contributed by atoms with Gasteiger partial charge in [-0.2, -0.15) is 0 Å². The van der Waals surface area contributed by atoms with E-state index in [0.717, 1.165) is 51.2 Å². The minimum Gasteiger partial charge on any atom is -0.497 e. The predicted octanol–water partition coefficient (Wildman–Crippen LogP) is 2.19. The number of benzene rings is 1. The monoisotopic (exact) mass is 345 g/mol. The molecule has 0 radical (unpaired) electrons. The summed E-state index contributed by atoms with van der Waals surface area (Å²) < 4.78 is 5.28. The number of amides is 1. The zero-order valence-corrected chi connectivity index (χ0v) is 15.5. The largest absolute Gasteiger partial charge is 0.497 e. The van der Waals surface area contributed by atoms with Crippen molar-refractivity contribution in [3.63, 3.8) is 0 Å². The van der Waals surface area contributed by atoms with Crippen molar-refractivity contribution < 1.29 is 9.53 Å². The first-order valence-corrected chi connectivity index (χ1v) is 9.51. The van der Waals surface area contributed by atoms with Crippen molar-refractivity contribution in [3.8, 4) is 5.75 Å². The first-order chi connectivity index (χ1) is 12.2. The van der Waals surface area contributed by atoms with E-state index in [4.69, 9.17) is 4.74 Å². The molecule has 3 rings (SSSR count). The predicted molar refractivity (Wildman–Crippen MR) is 99.7 cm³/mol. The smallest absolute Gasteiger partial charge is 0.223 e. The molecule has 0 aliphatic carbocycles. The molecule has 5 heteroatoms. The van der Waals surface area contributed by atoms with Gasteiger partial charge in [-0.1, -0.05) is 12.1 Å². The summed E-state index contributed by atoms with van der Waals surface area (Å²) >= 11 is 0. The molecule has 2 saturated heterocycles. The van der Waals surface area contributed by atoms with Crippen molar-refractivity contribution >= 4 is 5.91 Å². The first-order valence-electron chi connectivity index (χ1n) is 9.51. The summed E-state index contributed by atoms with van der Waals surface area (Å²) in [5.74, 6) is 1.76. The molecule has 1 amide bonds. The van der Waals surface area contributed by atoms with Gasteiger partial charge in [0.25, 0.3) is 0 Å². The molecule has 0 saturated carbocycles. The summed E-state index contributed by atoms with van der Waals surface area (Å²) in [6, 6.07) is 8.73. The quantitative estimate of drug-likeness (QED) is 0.859. The second kappa shape index (κ2) is 8.68. The molecular formula is C20H31N3O2. The van der Waals surface area contributed by atoms with Gasteiger partial charge in [0.2, 0.25) is 5.91 Å². The molecule has 2 aliphatic heterocycles. The van der Waals surface area contributed by atoms with Gasteiger partial charge in [0.05, 0.1) is 7.11 Å². The Kier molecular flexibility index (Phi) is 6.32. The molecule has 2 fully saturated rings. The van der Waals surface area contributed by atoms with E-state index in [1.165, 1.54) is 12.0 Å². The molecule has 0 bridgehead atoms. The number of carbonyl (C=O) groups excluding carboxylic acids is 1. The van der Waals surface area contributed by atoms with Crippen LogP contribution in [0, 0.1) is 11.8 Å². The summed E-state index contributed by atoms with van der Waals surface area (Å²) in [6.45, 7) is 3.79. The Hall–Kier alpha value is -1.59. The van der Waals surface area contributed by atoms with Gasteiger partial charge in [0.15, 0.2) is 0 Å². The number of likely N-dealkylation sites (tertiary alicyclic amines) is 1. The minimum atomic E-state index is 0.182. The molecule has 2 heterocycles. The van der Waals surface area contributed by atoms with Crippen LogP contribution in [0.25, 0.3) is 0 Å². The third-order valence-electron chi connectivity index (χ3n) is 5.71. The van der Waals surface area contributed by atoms with Crippen LogP contribution < -0.4 is 15.4 Å². The average molecular weight is 345 g/mol. The van der Waals surface area contributed by atoms with Crippen molar-refractivity contribution in [3.05, 3.63) is 29.8 Å². The summed E-state index contributed by atoms with van der Waals surface area (Å²) in [7, 11) is 3.89. The fourth-order valence-corrected chi connectivity index (χ4v) is 4.26. The molecule has 2 unspecified atom stereocenters. The second-order valence-corrected chi connectivity index (χ2v) is 7.37. The summed E-state index contributed by atoms with van der Waals surface area (Å²) in [5.41, 5.74) is 1.31. The highest BCUT2D eigenvalue weighted by Crippen LogP contribution is 2.35. The van der Waals surface area contributed by atoms with Gasteiger partial charge in [-0.3, -0.25) is 9.69 Å². The maximum absolute atomic E-state index is 12.5. The Morgan fingerprint density at radius 1 is 1.24 bits per heavy atom. The van der Waals surface area contributed by atoms with E-state index in [-0.39, 0.29) is 11.8 Å². The number of piperidine rings is 2. The number of nitrogens with zero attached hydrogens (tertiary/aromatic N) is 1. The van der Waals surface area contributed by atoms with E-state index in [1.54, 1.807) is 7.11 Å². The van der Waals surface area contributed by atoms with E-state index in [9.17, 15) is 4.79 Å². The van der Waals surface area contributed by atoms with Gasteiger partial charge in [0.1, 0.15) is 5.75 Å². The molecule has 2 aliphatic rings. The van der Waals surface area contributed by atoms with Crippen molar-refractivity contribution in [1.82, 2.24) is 15.5 Å². The Bertz CT molecular complexity index is 555. The fourth-order valence-electron chi connectivity index (χ4n) is 4.26. The van der Waals surface area contributed by atoms with Crippen LogP contribution in [0.2, 0.25) is 0 Å². The maximum Gasteiger partial charge on any atom is 0.223 e. The average Bonchev–Trinajstić information content (AvgIpc) is 2.67. The fraction of sp³-hybridized carbons (Fsp3) is 0.650. The van der Waals surface area contributed by atoms with Gasteiger partial charge in [0, 0.05) is 18.5 Å². The highest BCUT2D eigenvalue weighted by Gasteiger charge is 2.31. The van der Waals surface area contributed by atoms with Gasteiger partial charge >= 0.3 is 0 Å². The molecule has 1 aromatic carbocycles. The molecular weight excluding hydrogens is 314 g/mol. The van der Waals surface area contributed by atoms with Crippen LogP contribution in [0.5, 0.6) is 5.75 Å². The van der Waals surface area contributed by atoms with Gasteiger partial charge in [-0.25, -0.2) is 0 Å². The van der Waals surface area contributed by atoms with E-state index in [1.807, 2.05) is 12.1 Å². The molecule has 2 atom stereocenters. The van der Waals surface area contributed by atoms with Crippen molar-refractivity contribution in [2.24, 2.45) is 11.8 Å². The Balaban J connectivity index is 1.63. The lowest BCUT2D eigenvalue weighted by Gasteiger charge is -2.40. The maximum atomic E-state index is 12.5. The summed E-state index contributed by atoms with van der Waals surface area (Å²) in [4.78, 5) is 14.9. The molecule has 2 N–H and O–H groups in total. The number of ether oxygens (including phenoxy) is 1. The number of nitrogens with one attached hydrogen (secondary N) is 2. The van der Waals surface area contributed by atoms with Crippen LogP contribution in [0.4, 0.5) is 0 Å². The van der Waals surface area contributed by atoms with Gasteiger partial charge in [-0.15, -0.1) is 0 Å². The van der Waals surface area contributed by atoms with Crippen LogP contribution in [0.3, 0.4) is 0 Å². The van der Waals surface area contributed by atoms with E-state index in [2.05, 4.69) is 34.7 Å². The van der Waals surface area contributed by atoms with Crippen LogP contribution in [0.15, 0.2) is 24.3 Å². The lowest BCUT2D eigenvalue weighted by atomic mass is 9.84. The number of methoxy groups -OCH3 is 1. The third-order valence-corrected chi connectivity index (χ3v) is 5.71. The van der Waals surface area contributed by atoms with Crippen molar-refractivity contribution in [2.45, 2.75) is 31.7 Å². The van der Waals surface area contributed by atoms with Crippen molar-refractivity contribution in [2.75, 3.05) is 40.3 Å².